The highest BCUT2D eigenvalue weighted by Gasteiger charge is 2.46. The van der Waals surface area contributed by atoms with Gasteiger partial charge in [-0.15, -0.1) is 0 Å². The largest absolute Gasteiger partial charge is 0.433 e. The maximum absolute atomic E-state index is 13.7. The second-order valence-corrected chi connectivity index (χ2v) is 8.10. The minimum atomic E-state index is -4.58. The average molecular weight is 479 g/mol. The third-order valence-electron chi connectivity index (χ3n) is 5.70. The van der Waals surface area contributed by atoms with Crippen molar-refractivity contribution >= 4 is 17.4 Å². The van der Waals surface area contributed by atoms with Crippen molar-refractivity contribution in [2.45, 2.75) is 38.1 Å². The van der Waals surface area contributed by atoms with Gasteiger partial charge in [0.2, 0.25) is 0 Å². The van der Waals surface area contributed by atoms with Gasteiger partial charge in [0.25, 0.3) is 5.56 Å². The Balaban J connectivity index is 1.92. The van der Waals surface area contributed by atoms with Gasteiger partial charge in [-0.05, 0) is 43.7 Å². The molecule has 172 valence electrons. The fourth-order valence-corrected chi connectivity index (χ4v) is 4.24. The molecule has 0 aliphatic carbocycles. The topological polar surface area (TPSA) is 59.3 Å². The summed E-state index contributed by atoms with van der Waals surface area (Å²) in [6.45, 7) is 4.00. The first kappa shape index (κ1) is 23.0. The molecule has 33 heavy (non-hydrogen) atoms. The number of aryl methyl sites for hydroxylation is 1. The fourth-order valence-electron chi connectivity index (χ4n) is 4.01. The summed E-state index contributed by atoms with van der Waals surface area (Å²) in [5.41, 5.74) is -1.06. The average Bonchev–Trinajstić information content (AvgIpc) is 3.13. The minimum Gasteiger partial charge on any atom is -0.364 e. The Hall–Kier alpha value is -3.20. The van der Waals surface area contributed by atoms with Crippen molar-refractivity contribution in [1.29, 1.82) is 0 Å². The molecule has 2 aromatic heterocycles. The summed E-state index contributed by atoms with van der Waals surface area (Å²) in [7, 11) is 0. The number of benzene rings is 1. The second-order valence-electron chi connectivity index (χ2n) is 7.70. The molecule has 0 fully saturated rings. The van der Waals surface area contributed by atoms with Gasteiger partial charge in [0.05, 0.1) is 6.04 Å². The van der Waals surface area contributed by atoms with Crippen LogP contribution in [0.2, 0.25) is 5.02 Å². The summed E-state index contributed by atoms with van der Waals surface area (Å²) in [4.78, 5) is 20.7. The van der Waals surface area contributed by atoms with Crippen LogP contribution in [-0.2, 0) is 18.3 Å². The standard InChI is InChI=1S/C23H19ClF4N4O/c1-3-32-12-14(10-18(24)21(32)33)20-30-13(2)22(31-20,15-4-7-17(25)8-5-15)16-6-9-19(29-11-16)23(26,27)28/h4-13H,3H2,1-2H3,(H,30,31). The highest BCUT2D eigenvalue weighted by Crippen LogP contribution is 2.41. The lowest BCUT2D eigenvalue weighted by Gasteiger charge is -2.31. The molecule has 3 aromatic rings. The number of aliphatic imine (C=N–C) groups is 1. The van der Waals surface area contributed by atoms with Crippen LogP contribution in [0, 0.1) is 5.82 Å². The third kappa shape index (κ3) is 4.01. The smallest absolute Gasteiger partial charge is 0.364 e. The number of amidine groups is 1. The highest BCUT2D eigenvalue weighted by atomic mass is 35.5. The van der Waals surface area contributed by atoms with Crippen LogP contribution in [0.25, 0.3) is 0 Å². The van der Waals surface area contributed by atoms with Crippen LogP contribution in [0.15, 0.2) is 64.6 Å². The van der Waals surface area contributed by atoms with Crippen molar-refractivity contribution < 1.29 is 17.6 Å². The van der Waals surface area contributed by atoms with E-state index in [4.69, 9.17) is 16.6 Å². The number of nitrogens with one attached hydrogen (secondary N) is 1. The number of nitrogens with zero attached hydrogens (tertiary/aromatic N) is 3. The van der Waals surface area contributed by atoms with E-state index < -0.39 is 29.3 Å². The van der Waals surface area contributed by atoms with E-state index in [2.05, 4.69) is 10.3 Å². The normalized spacial score (nSPS) is 20.5. The molecule has 0 amide bonds. The van der Waals surface area contributed by atoms with Crippen LogP contribution in [0.5, 0.6) is 0 Å². The quantitative estimate of drug-likeness (QED) is 0.550. The molecule has 4 rings (SSSR count). The zero-order valence-electron chi connectivity index (χ0n) is 17.6. The van der Waals surface area contributed by atoms with Gasteiger partial charge in [0.1, 0.15) is 27.9 Å². The first-order chi connectivity index (χ1) is 15.6. The zero-order chi connectivity index (χ0) is 24.0. The molecule has 0 saturated carbocycles. The van der Waals surface area contributed by atoms with Gasteiger partial charge in [-0.1, -0.05) is 29.8 Å². The molecule has 0 spiro atoms. The molecule has 1 aliphatic rings. The number of hydrogen-bond donors (Lipinski definition) is 1. The van der Waals surface area contributed by atoms with Crippen LogP contribution in [0.1, 0.15) is 36.2 Å². The van der Waals surface area contributed by atoms with Gasteiger partial charge < -0.3 is 9.88 Å². The van der Waals surface area contributed by atoms with E-state index in [9.17, 15) is 22.4 Å². The Morgan fingerprint density at radius 3 is 2.39 bits per heavy atom. The molecule has 0 radical (unpaired) electrons. The van der Waals surface area contributed by atoms with Crippen molar-refractivity contribution in [3.63, 3.8) is 0 Å². The fraction of sp³-hybridized carbons (Fsp3) is 0.261. The van der Waals surface area contributed by atoms with Crippen LogP contribution < -0.4 is 10.9 Å². The molecular formula is C23H19ClF4N4O. The van der Waals surface area contributed by atoms with Crippen molar-refractivity contribution in [3.8, 4) is 0 Å². The summed E-state index contributed by atoms with van der Waals surface area (Å²) in [5, 5.41) is 3.26. The Morgan fingerprint density at radius 1 is 1.15 bits per heavy atom. The van der Waals surface area contributed by atoms with Crippen LogP contribution in [-0.4, -0.2) is 21.4 Å². The van der Waals surface area contributed by atoms with Gasteiger partial charge in [0, 0.05) is 30.1 Å². The van der Waals surface area contributed by atoms with Gasteiger partial charge in [-0.2, -0.15) is 13.2 Å². The first-order valence-electron chi connectivity index (χ1n) is 10.1. The zero-order valence-corrected chi connectivity index (χ0v) is 18.4. The lowest BCUT2D eigenvalue weighted by atomic mass is 9.79. The molecule has 1 N–H and O–H groups in total. The van der Waals surface area contributed by atoms with E-state index in [0.29, 0.717) is 29.1 Å². The Kier molecular flexibility index (Phi) is 5.78. The van der Waals surface area contributed by atoms with Crippen molar-refractivity contribution in [2.75, 3.05) is 0 Å². The predicted octanol–water partition coefficient (Wildman–Crippen LogP) is 4.76. The lowest BCUT2D eigenvalue weighted by molar-refractivity contribution is -0.141. The molecule has 0 bridgehead atoms. The Labute approximate surface area is 191 Å². The maximum atomic E-state index is 13.7. The SMILES string of the molecule is CCn1cc(C2=NC(c3ccc(F)cc3)(c3ccc(C(F)(F)F)nc3)C(C)N2)cc(Cl)c1=O. The molecule has 10 heteroatoms. The predicted molar refractivity (Wildman–Crippen MR) is 117 cm³/mol. The van der Waals surface area contributed by atoms with E-state index in [1.165, 1.54) is 41.0 Å². The number of rotatable bonds is 4. The van der Waals surface area contributed by atoms with Crippen molar-refractivity contribution in [3.05, 3.63) is 98.4 Å². The highest BCUT2D eigenvalue weighted by molar-refractivity contribution is 6.30. The lowest BCUT2D eigenvalue weighted by Crippen LogP contribution is -2.41. The van der Waals surface area contributed by atoms with Gasteiger partial charge >= 0.3 is 6.18 Å². The summed E-state index contributed by atoms with van der Waals surface area (Å²) in [5.74, 6) is -0.0557. The van der Waals surface area contributed by atoms with E-state index in [1.54, 1.807) is 13.1 Å². The van der Waals surface area contributed by atoms with E-state index in [-0.39, 0.29) is 10.6 Å². The van der Waals surface area contributed by atoms with E-state index in [0.717, 1.165) is 12.3 Å². The molecular weight excluding hydrogens is 460 g/mol. The number of pyridine rings is 2. The van der Waals surface area contributed by atoms with E-state index >= 15 is 0 Å². The van der Waals surface area contributed by atoms with Crippen molar-refractivity contribution in [2.24, 2.45) is 4.99 Å². The molecule has 2 atom stereocenters. The van der Waals surface area contributed by atoms with Crippen molar-refractivity contribution in [1.82, 2.24) is 14.9 Å². The summed E-state index contributed by atoms with van der Waals surface area (Å²) in [6.07, 6.45) is -1.84. The maximum Gasteiger partial charge on any atom is 0.433 e. The first-order valence-corrected chi connectivity index (χ1v) is 10.5. The molecule has 2 unspecified atom stereocenters. The van der Waals surface area contributed by atoms with Crippen LogP contribution >= 0.6 is 11.6 Å². The summed E-state index contributed by atoms with van der Waals surface area (Å²) >= 11 is 6.12. The number of aromatic nitrogens is 2. The van der Waals surface area contributed by atoms with Gasteiger partial charge in [-0.3, -0.25) is 9.78 Å². The number of halogens is 5. The molecule has 5 nitrogen and oxygen atoms in total. The number of alkyl halides is 3. The van der Waals surface area contributed by atoms with E-state index in [1.807, 2.05) is 6.92 Å². The van der Waals surface area contributed by atoms with Gasteiger partial charge in [-0.25, -0.2) is 9.38 Å². The Morgan fingerprint density at radius 2 is 1.82 bits per heavy atom. The molecule has 0 saturated heterocycles. The van der Waals surface area contributed by atoms with Crippen LogP contribution in [0.4, 0.5) is 17.6 Å². The second kappa shape index (κ2) is 8.30. The Bertz CT molecular complexity index is 1270. The summed E-state index contributed by atoms with van der Waals surface area (Å²) in [6, 6.07) is 8.87. The van der Waals surface area contributed by atoms with Gasteiger partial charge in [0.15, 0.2) is 0 Å². The number of hydrogen-bond acceptors (Lipinski definition) is 4. The monoisotopic (exact) mass is 478 g/mol. The summed E-state index contributed by atoms with van der Waals surface area (Å²) < 4.78 is 54.3. The molecule has 1 aromatic carbocycles. The minimum absolute atomic E-state index is 0.0157. The third-order valence-corrected chi connectivity index (χ3v) is 5.97. The molecule has 3 heterocycles. The molecule has 1 aliphatic heterocycles. The van der Waals surface area contributed by atoms with Crippen LogP contribution in [0.3, 0.4) is 0 Å².